The van der Waals surface area contributed by atoms with Crippen molar-refractivity contribution in [2.24, 2.45) is 11.3 Å². The quantitative estimate of drug-likeness (QED) is 0.778. The van der Waals surface area contributed by atoms with Gasteiger partial charge in [-0.1, -0.05) is 26.0 Å². The van der Waals surface area contributed by atoms with E-state index >= 15 is 0 Å². The monoisotopic (exact) mass is 420 g/mol. The van der Waals surface area contributed by atoms with Crippen molar-refractivity contribution < 1.29 is 14.4 Å². The van der Waals surface area contributed by atoms with Crippen molar-refractivity contribution in [1.29, 1.82) is 0 Å². The zero-order valence-electron chi connectivity index (χ0n) is 18.0. The smallest absolute Gasteiger partial charge is 0.243 e. The molecule has 0 bridgehead atoms. The maximum absolute atomic E-state index is 12.6. The third-order valence-electron chi connectivity index (χ3n) is 6.14. The predicted molar refractivity (Wildman–Crippen MR) is 118 cm³/mol. The highest BCUT2D eigenvalue weighted by Crippen LogP contribution is 2.31. The third-order valence-corrected chi connectivity index (χ3v) is 6.14. The number of nitrogens with zero attached hydrogens (tertiary/aromatic N) is 2. The number of carbonyl (C=O) groups is 3. The van der Waals surface area contributed by atoms with Gasteiger partial charge < -0.3 is 15.5 Å². The molecule has 0 radical (unpaired) electrons. The second kappa shape index (κ2) is 8.49. The number of carbonyl (C=O) groups excluding carboxylic acids is 3. The number of hydrogen-bond donors (Lipinski definition) is 2. The number of pyridine rings is 1. The Morgan fingerprint density at radius 1 is 1.13 bits per heavy atom. The molecule has 162 valence electrons. The molecule has 1 atom stereocenters. The van der Waals surface area contributed by atoms with Gasteiger partial charge in [-0.05, 0) is 61.1 Å². The minimum Gasteiger partial charge on any atom is -0.333 e. The van der Waals surface area contributed by atoms with Crippen LogP contribution >= 0.6 is 0 Å². The second-order valence-electron chi connectivity index (χ2n) is 9.06. The largest absolute Gasteiger partial charge is 0.333 e. The lowest BCUT2D eigenvalue weighted by atomic mass is 9.83. The van der Waals surface area contributed by atoms with Crippen molar-refractivity contribution in [2.75, 3.05) is 23.7 Å². The second-order valence-corrected chi connectivity index (χ2v) is 9.06. The highest BCUT2D eigenvalue weighted by atomic mass is 16.2. The molecule has 2 N–H and O–H groups in total. The lowest BCUT2D eigenvalue weighted by molar-refractivity contribution is -0.146. The Kier molecular flexibility index (Phi) is 5.76. The summed E-state index contributed by atoms with van der Waals surface area (Å²) < 4.78 is 0. The maximum Gasteiger partial charge on any atom is 0.243 e. The van der Waals surface area contributed by atoms with Gasteiger partial charge in [0.2, 0.25) is 17.7 Å². The van der Waals surface area contributed by atoms with Crippen LogP contribution in [0, 0.1) is 11.3 Å². The fourth-order valence-corrected chi connectivity index (χ4v) is 4.42. The minimum atomic E-state index is -0.406. The molecule has 0 saturated carbocycles. The Balaban J connectivity index is 1.35. The van der Waals surface area contributed by atoms with Crippen LogP contribution in [0.4, 0.5) is 11.5 Å². The lowest BCUT2D eigenvalue weighted by Gasteiger charge is -2.36. The molecule has 1 aromatic carbocycles. The summed E-state index contributed by atoms with van der Waals surface area (Å²) in [6.07, 6.45) is 4.69. The van der Waals surface area contributed by atoms with Crippen LogP contribution in [0.2, 0.25) is 0 Å². The highest BCUT2D eigenvalue weighted by molar-refractivity contribution is 5.96. The summed E-state index contributed by atoms with van der Waals surface area (Å²) in [5.41, 5.74) is 2.47. The Morgan fingerprint density at radius 3 is 2.71 bits per heavy atom. The molecular formula is C24H28N4O3. The molecule has 2 aliphatic rings. The highest BCUT2D eigenvalue weighted by Gasteiger charge is 2.36. The lowest BCUT2D eigenvalue weighted by Crippen LogP contribution is -2.48. The molecule has 2 aromatic rings. The van der Waals surface area contributed by atoms with Gasteiger partial charge in [-0.2, -0.15) is 0 Å². The zero-order chi connectivity index (χ0) is 22.0. The Bertz CT molecular complexity index is 1000. The van der Waals surface area contributed by atoms with Crippen molar-refractivity contribution in [1.82, 2.24) is 9.88 Å². The molecule has 4 rings (SSSR count). The van der Waals surface area contributed by atoms with Crippen LogP contribution in [-0.4, -0.2) is 40.7 Å². The van der Waals surface area contributed by atoms with Gasteiger partial charge in [-0.3, -0.25) is 14.4 Å². The van der Waals surface area contributed by atoms with Gasteiger partial charge in [-0.25, -0.2) is 4.98 Å². The molecular weight excluding hydrogens is 392 g/mol. The van der Waals surface area contributed by atoms with E-state index in [4.69, 9.17) is 0 Å². The number of fused-ring (bicyclic) bond motifs is 1. The number of rotatable bonds is 5. The van der Waals surface area contributed by atoms with Gasteiger partial charge in [0.25, 0.3) is 0 Å². The average molecular weight is 421 g/mol. The first-order valence-corrected chi connectivity index (χ1v) is 10.7. The molecule has 1 aliphatic heterocycles. The standard InChI is InChI=1S/C24H28N4O3/c1-24(2)9-5-11-28(23(24)31)15-21(29)26-19-8-7-16-12-18(13-17(16)14-19)22(30)27-20-6-3-4-10-25-20/h3-4,6-8,10,14,18H,5,9,11-13,15H2,1-2H3,(H,26,29)(H,25,27,30). The predicted octanol–water partition coefficient (Wildman–Crippen LogP) is 3.02. The van der Waals surface area contributed by atoms with Crippen LogP contribution in [0.15, 0.2) is 42.6 Å². The average Bonchev–Trinajstić information content (AvgIpc) is 3.16. The molecule has 1 saturated heterocycles. The number of anilines is 2. The van der Waals surface area contributed by atoms with Crippen LogP contribution in [-0.2, 0) is 27.2 Å². The van der Waals surface area contributed by atoms with E-state index in [0.29, 0.717) is 30.9 Å². The fraction of sp³-hybridized carbons (Fsp3) is 0.417. The molecule has 1 aromatic heterocycles. The van der Waals surface area contributed by atoms with Gasteiger partial charge in [0.05, 0.1) is 6.54 Å². The minimum absolute atomic E-state index is 0.0320. The number of likely N-dealkylation sites (tertiary alicyclic amines) is 1. The van der Waals surface area contributed by atoms with E-state index in [2.05, 4.69) is 15.6 Å². The third kappa shape index (κ3) is 4.76. The molecule has 2 heterocycles. The van der Waals surface area contributed by atoms with Gasteiger partial charge in [0.1, 0.15) is 5.82 Å². The number of nitrogens with one attached hydrogen (secondary N) is 2. The van der Waals surface area contributed by atoms with E-state index in [1.165, 1.54) is 0 Å². The van der Waals surface area contributed by atoms with Crippen LogP contribution in [0.3, 0.4) is 0 Å². The van der Waals surface area contributed by atoms with Crippen LogP contribution in [0.5, 0.6) is 0 Å². The normalized spacial score (nSPS) is 19.6. The number of piperidine rings is 1. The first kappa shape index (κ1) is 21.0. The maximum atomic E-state index is 12.6. The van der Waals surface area contributed by atoms with Gasteiger partial charge in [0.15, 0.2) is 0 Å². The number of benzene rings is 1. The van der Waals surface area contributed by atoms with Crippen molar-refractivity contribution in [2.45, 2.75) is 39.5 Å². The summed E-state index contributed by atoms with van der Waals surface area (Å²) in [5.74, 6) is 0.174. The van der Waals surface area contributed by atoms with E-state index in [-0.39, 0.29) is 30.2 Å². The Labute approximate surface area is 182 Å². The summed E-state index contributed by atoms with van der Waals surface area (Å²) >= 11 is 0. The van der Waals surface area contributed by atoms with Crippen molar-refractivity contribution >= 4 is 29.2 Å². The van der Waals surface area contributed by atoms with Crippen LogP contribution < -0.4 is 10.6 Å². The van der Waals surface area contributed by atoms with Gasteiger partial charge >= 0.3 is 0 Å². The molecule has 3 amide bonds. The van der Waals surface area contributed by atoms with Gasteiger partial charge in [0, 0.05) is 29.8 Å². The first-order chi connectivity index (χ1) is 14.8. The summed E-state index contributed by atoms with van der Waals surface area (Å²) in [5, 5.41) is 5.77. The molecule has 7 nitrogen and oxygen atoms in total. The number of amides is 3. The van der Waals surface area contributed by atoms with E-state index in [1.807, 2.05) is 38.1 Å². The Hall–Kier alpha value is -3.22. The molecule has 1 unspecified atom stereocenters. The molecule has 31 heavy (non-hydrogen) atoms. The van der Waals surface area contributed by atoms with Crippen LogP contribution in [0.25, 0.3) is 0 Å². The molecule has 0 spiro atoms. The summed E-state index contributed by atoms with van der Waals surface area (Å²) in [6.45, 7) is 4.54. The summed E-state index contributed by atoms with van der Waals surface area (Å²) in [7, 11) is 0. The molecule has 1 fully saturated rings. The van der Waals surface area contributed by atoms with E-state index in [0.717, 1.165) is 24.0 Å². The first-order valence-electron chi connectivity index (χ1n) is 10.7. The van der Waals surface area contributed by atoms with E-state index < -0.39 is 5.41 Å². The van der Waals surface area contributed by atoms with Crippen molar-refractivity contribution in [3.05, 3.63) is 53.7 Å². The van der Waals surface area contributed by atoms with Crippen LogP contribution in [0.1, 0.15) is 37.8 Å². The van der Waals surface area contributed by atoms with Crippen molar-refractivity contribution in [3.63, 3.8) is 0 Å². The zero-order valence-corrected chi connectivity index (χ0v) is 18.0. The number of hydrogen-bond acceptors (Lipinski definition) is 4. The Morgan fingerprint density at radius 2 is 1.94 bits per heavy atom. The number of aromatic nitrogens is 1. The van der Waals surface area contributed by atoms with E-state index in [9.17, 15) is 14.4 Å². The topological polar surface area (TPSA) is 91.4 Å². The van der Waals surface area contributed by atoms with Gasteiger partial charge in [-0.15, -0.1) is 0 Å². The van der Waals surface area contributed by atoms with E-state index in [1.54, 1.807) is 23.2 Å². The molecule has 1 aliphatic carbocycles. The summed E-state index contributed by atoms with van der Waals surface area (Å²) in [4.78, 5) is 43.4. The fourth-order valence-electron chi connectivity index (χ4n) is 4.42. The molecule has 7 heteroatoms. The van der Waals surface area contributed by atoms with Crippen molar-refractivity contribution in [3.8, 4) is 0 Å². The summed E-state index contributed by atoms with van der Waals surface area (Å²) in [6, 6.07) is 11.2. The SMILES string of the molecule is CC1(C)CCCN(CC(=O)Nc2ccc3c(c2)CC(C(=O)Nc2ccccn2)C3)C1=O.